The molecule has 0 amide bonds. The second kappa shape index (κ2) is 11.6. The lowest BCUT2D eigenvalue weighted by atomic mass is 9.84. The molecule has 0 heterocycles. The van der Waals surface area contributed by atoms with Crippen LogP contribution in [-0.4, -0.2) is 25.8 Å². The Hall–Kier alpha value is -0.0800. The Morgan fingerprint density at radius 2 is 1.80 bits per heavy atom. The van der Waals surface area contributed by atoms with Crippen LogP contribution in [0.1, 0.15) is 78.6 Å². The Balaban J connectivity index is 2.26. The zero-order chi connectivity index (χ0) is 14.6. The minimum absolute atomic E-state index is 0.587. The summed E-state index contributed by atoms with van der Waals surface area (Å²) < 4.78 is 6.09. The van der Waals surface area contributed by atoms with Crippen molar-refractivity contribution in [3.63, 3.8) is 0 Å². The van der Waals surface area contributed by atoms with E-state index in [1.807, 2.05) is 0 Å². The molecule has 1 fully saturated rings. The summed E-state index contributed by atoms with van der Waals surface area (Å²) in [5, 5.41) is 3.66. The molecule has 20 heavy (non-hydrogen) atoms. The van der Waals surface area contributed by atoms with Crippen LogP contribution in [0, 0.1) is 11.8 Å². The maximum atomic E-state index is 6.09. The molecule has 120 valence electrons. The summed E-state index contributed by atoms with van der Waals surface area (Å²) in [5.74, 6) is 1.61. The Bertz CT molecular complexity index is 213. The maximum absolute atomic E-state index is 6.09. The molecule has 0 bridgehead atoms. The zero-order valence-electron chi connectivity index (χ0n) is 14.1. The highest BCUT2D eigenvalue weighted by Gasteiger charge is 2.23. The predicted molar refractivity (Wildman–Crippen MR) is 88.2 cm³/mol. The van der Waals surface area contributed by atoms with E-state index in [1.165, 1.54) is 57.8 Å². The predicted octanol–water partition coefficient (Wildman–Crippen LogP) is 4.78. The first kappa shape index (κ1) is 18.0. The molecule has 2 nitrogen and oxygen atoms in total. The fourth-order valence-corrected chi connectivity index (χ4v) is 3.42. The minimum Gasteiger partial charge on any atom is -0.380 e. The van der Waals surface area contributed by atoms with Crippen LogP contribution in [0.2, 0.25) is 0 Å². The third-order valence-electron chi connectivity index (χ3n) is 4.88. The summed E-state index contributed by atoms with van der Waals surface area (Å²) in [6.45, 7) is 9.74. The van der Waals surface area contributed by atoms with Gasteiger partial charge >= 0.3 is 0 Å². The second-order valence-electron chi connectivity index (χ2n) is 6.52. The number of rotatable bonds is 11. The molecule has 1 N–H and O–H groups in total. The van der Waals surface area contributed by atoms with Crippen molar-refractivity contribution in [3.8, 4) is 0 Å². The summed E-state index contributed by atoms with van der Waals surface area (Å²) >= 11 is 0. The van der Waals surface area contributed by atoms with Crippen LogP contribution in [0.3, 0.4) is 0 Å². The molecule has 0 spiro atoms. The number of hydrogen-bond acceptors (Lipinski definition) is 2. The van der Waals surface area contributed by atoms with E-state index in [0.717, 1.165) is 31.6 Å². The molecule has 1 saturated carbocycles. The van der Waals surface area contributed by atoms with E-state index in [4.69, 9.17) is 4.74 Å². The Morgan fingerprint density at radius 1 is 1.05 bits per heavy atom. The smallest absolute Gasteiger partial charge is 0.0622 e. The van der Waals surface area contributed by atoms with Gasteiger partial charge in [0.15, 0.2) is 0 Å². The molecule has 2 heteroatoms. The number of unbranched alkanes of at least 4 members (excludes halogenated alkanes) is 1. The van der Waals surface area contributed by atoms with Gasteiger partial charge in [-0.2, -0.15) is 0 Å². The normalized spacial score (nSPS) is 19.9. The van der Waals surface area contributed by atoms with E-state index in [2.05, 4.69) is 26.1 Å². The molecule has 1 aliphatic carbocycles. The number of ether oxygens (including phenoxy) is 1. The highest BCUT2D eigenvalue weighted by atomic mass is 16.5. The van der Waals surface area contributed by atoms with Gasteiger partial charge < -0.3 is 10.1 Å². The lowest BCUT2D eigenvalue weighted by Gasteiger charge is -2.31. The molecule has 1 rings (SSSR count). The largest absolute Gasteiger partial charge is 0.380 e. The van der Waals surface area contributed by atoms with Gasteiger partial charge in [0.05, 0.1) is 6.61 Å². The SMILES string of the molecule is CCCCC(CC)COCC(NCC)C1CCCCC1. The fraction of sp³-hybridized carbons (Fsp3) is 1.00. The zero-order valence-corrected chi connectivity index (χ0v) is 14.1. The van der Waals surface area contributed by atoms with Crippen molar-refractivity contribution >= 4 is 0 Å². The van der Waals surface area contributed by atoms with Crippen molar-refractivity contribution < 1.29 is 4.74 Å². The van der Waals surface area contributed by atoms with Crippen molar-refractivity contribution in [2.75, 3.05) is 19.8 Å². The number of likely N-dealkylation sites (N-methyl/N-ethyl adjacent to an activating group) is 1. The number of nitrogens with one attached hydrogen (secondary N) is 1. The van der Waals surface area contributed by atoms with Gasteiger partial charge in [-0.25, -0.2) is 0 Å². The van der Waals surface area contributed by atoms with Crippen molar-refractivity contribution in [2.45, 2.75) is 84.6 Å². The van der Waals surface area contributed by atoms with E-state index in [-0.39, 0.29) is 0 Å². The van der Waals surface area contributed by atoms with E-state index >= 15 is 0 Å². The van der Waals surface area contributed by atoms with Gasteiger partial charge in [0.1, 0.15) is 0 Å². The molecule has 0 aromatic rings. The first-order valence-electron chi connectivity index (χ1n) is 9.12. The van der Waals surface area contributed by atoms with Crippen molar-refractivity contribution in [2.24, 2.45) is 11.8 Å². The van der Waals surface area contributed by atoms with Gasteiger partial charge in [-0.05, 0) is 37.6 Å². The molecular formula is C18H37NO. The maximum Gasteiger partial charge on any atom is 0.0622 e. The fourth-order valence-electron chi connectivity index (χ4n) is 3.42. The van der Waals surface area contributed by atoms with Gasteiger partial charge in [0, 0.05) is 12.6 Å². The quantitative estimate of drug-likeness (QED) is 0.589. The molecule has 0 aromatic heterocycles. The van der Waals surface area contributed by atoms with Crippen molar-refractivity contribution in [1.29, 1.82) is 0 Å². The average Bonchev–Trinajstić information content (AvgIpc) is 2.50. The van der Waals surface area contributed by atoms with Gasteiger partial charge in [-0.1, -0.05) is 59.3 Å². The standard InChI is InChI=1S/C18H37NO/c1-4-7-11-16(5-2)14-20-15-18(19-6-3)17-12-9-8-10-13-17/h16-19H,4-15H2,1-3H3. The highest BCUT2D eigenvalue weighted by Crippen LogP contribution is 2.26. The van der Waals surface area contributed by atoms with Crippen molar-refractivity contribution in [3.05, 3.63) is 0 Å². The third-order valence-corrected chi connectivity index (χ3v) is 4.88. The molecule has 0 aliphatic heterocycles. The van der Waals surface area contributed by atoms with Gasteiger partial charge in [-0.15, -0.1) is 0 Å². The summed E-state index contributed by atoms with van der Waals surface area (Å²) in [6.07, 6.45) is 12.3. The van der Waals surface area contributed by atoms with Gasteiger partial charge in [0.25, 0.3) is 0 Å². The summed E-state index contributed by atoms with van der Waals surface area (Å²) in [6, 6.07) is 0.587. The highest BCUT2D eigenvalue weighted by molar-refractivity contribution is 4.79. The van der Waals surface area contributed by atoms with E-state index in [1.54, 1.807) is 0 Å². The lowest BCUT2D eigenvalue weighted by molar-refractivity contribution is 0.0579. The molecule has 0 saturated heterocycles. The Labute approximate surface area is 127 Å². The Kier molecular flexibility index (Phi) is 10.4. The van der Waals surface area contributed by atoms with E-state index in [0.29, 0.717) is 6.04 Å². The molecule has 0 aromatic carbocycles. The monoisotopic (exact) mass is 283 g/mol. The summed E-state index contributed by atoms with van der Waals surface area (Å²) in [5.41, 5.74) is 0. The molecule has 2 unspecified atom stereocenters. The van der Waals surface area contributed by atoms with Gasteiger partial charge in [-0.3, -0.25) is 0 Å². The number of hydrogen-bond donors (Lipinski definition) is 1. The topological polar surface area (TPSA) is 21.3 Å². The Morgan fingerprint density at radius 3 is 2.40 bits per heavy atom. The lowest BCUT2D eigenvalue weighted by Crippen LogP contribution is -2.41. The van der Waals surface area contributed by atoms with Crippen LogP contribution in [0.5, 0.6) is 0 Å². The van der Waals surface area contributed by atoms with Crippen LogP contribution in [0.25, 0.3) is 0 Å². The average molecular weight is 284 g/mol. The van der Waals surface area contributed by atoms with Crippen molar-refractivity contribution in [1.82, 2.24) is 5.32 Å². The summed E-state index contributed by atoms with van der Waals surface area (Å²) in [4.78, 5) is 0. The van der Waals surface area contributed by atoms with Crippen LogP contribution < -0.4 is 5.32 Å². The van der Waals surface area contributed by atoms with E-state index < -0.39 is 0 Å². The van der Waals surface area contributed by atoms with E-state index in [9.17, 15) is 0 Å². The van der Waals surface area contributed by atoms with Gasteiger partial charge in [0.2, 0.25) is 0 Å². The first-order chi connectivity index (χ1) is 9.81. The van der Waals surface area contributed by atoms with Crippen LogP contribution in [0.15, 0.2) is 0 Å². The first-order valence-corrected chi connectivity index (χ1v) is 9.12. The summed E-state index contributed by atoms with van der Waals surface area (Å²) in [7, 11) is 0. The molecule has 0 radical (unpaired) electrons. The van der Waals surface area contributed by atoms with Crippen LogP contribution in [-0.2, 0) is 4.74 Å². The second-order valence-corrected chi connectivity index (χ2v) is 6.52. The minimum atomic E-state index is 0.587. The molecular weight excluding hydrogens is 246 g/mol. The molecule has 2 atom stereocenters. The van der Waals surface area contributed by atoms with Crippen LogP contribution >= 0.6 is 0 Å². The third kappa shape index (κ3) is 7.08. The van der Waals surface area contributed by atoms with Crippen LogP contribution in [0.4, 0.5) is 0 Å². The molecule has 1 aliphatic rings.